The normalized spacial score (nSPS) is 18.6. The molecule has 1 aromatic rings. The number of rotatable bonds is 4. The molecule has 0 heterocycles. The van der Waals surface area contributed by atoms with E-state index in [1.165, 1.54) is 11.9 Å². The third-order valence-corrected chi connectivity index (χ3v) is 4.96. The van der Waals surface area contributed by atoms with E-state index in [0.717, 1.165) is 41.3 Å². The van der Waals surface area contributed by atoms with Crippen molar-refractivity contribution >= 4 is 34.2 Å². The zero-order valence-corrected chi connectivity index (χ0v) is 11.3. The van der Waals surface area contributed by atoms with Gasteiger partial charge in [-0.15, -0.1) is 0 Å². The summed E-state index contributed by atoms with van der Waals surface area (Å²) in [5.74, 6) is 0. The maximum Gasteiger partial charge on any atom is 0.140 e. The number of nitrogens with one attached hydrogen (secondary N) is 1. The Hall–Kier alpha value is -0.320. The minimum atomic E-state index is -0.306. The zero-order chi connectivity index (χ0) is 11.4. The molecule has 86 valence electrons. The highest BCUT2D eigenvalue weighted by atomic mass is 79.9. The quantitative estimate of drug-likeness (QED) is 0.681. The standard InChI is InChI=1S/C12H14BrNOS/c13-10-5-1-2-6-11(10)16-14-12(9-15)7-3-4-8-12/h1-2,5-6,9,14H,3-4,7-8H2. The van der Waals surface area contributed by atoms with E-state index in [9.17, 15) is 4.79 Å². The fraction of sp³-hybridized carbons (Fsp3) is 0.417. The number of hydrogen-bond donors (Lipinski definition) is 1. The number of halogens is 1. The number of aldehydes is 1. The van der Waals surface area contributed by atoms with Crippen molar-refractivity contribution in [2.45, 2.75) is 36.1 Å². The highest BCUT2D eigenvalue weighted by Gasteiger charge is 2.33. The largest absolute Gasteiger partial charge is 0.301 e. The monoisotopic (exact) mass is 299 g/mol. The molecule has 1 aromatic carbocycles. The predicted molar refractivity (Wildman–Crippen MR) is 70.4 cm³/mol. The predicted octanol–water partition coefficient (Wildman–Crippen LogP) is 3.56. The molecule has 0 aromatic heterocycles. The molecule has 1 aliphatic carbocycles. The first kappa shape index (κ1) is 12.1. The van der Waals surface area contributed by atoms with Crippen molar-refractivity contribution in [1.82, 2.24) is 4.72 Å². The molecule has 0 aliphatic heterocycles. The SMILES string of the molecule is O=CC1(NSc2ccccc2Br)CCCC1. The number of carbonyl (C=O) groups is 1. The van der Waals surface area contributed by atoms with Gasteiger partial charge in [-0.2, -0.15) is 0 Å². The molecule has 2 rings (SSSR count). The maximum absolute atomic E-state index is 11.1. The Balaban J connectivity index is 2.01. The highest BCUT2D eigenvalue weighted by molar-refractivity contribution is 9.10. The van der Waals surface area contributed by atoms with E-state index in [0.29, 0.717) is 0 Å². The van der Waals surface area contributed by atoms with Gasteiger partial charge < -0.3 is 4.79 Å². The minimum Gasteiger partial charge on any atom is -0.301 e. The lowest BCUT2D eigenvalue weighted by Gasteiger charge is -2.22. The van der Waals surface area contributed by atoms with Crippen molar-refractivity contribution < 1.29 is 4.79 Å². The molecule has 1 saturated carbocycles. The molecule has 16 heavy (non-hydrogen) atoms. The van der Waals surface area contributed by atoms with Gasteiger partial charge in [0.1, 0.15) is 6.29 Å². The molecule has 0 amide bonds. The van der Waals surface area contributed by atoms with Gasteiger partial charge in [0.25, 0.3) is 0 Å². The van der Waals surface area contributed by atoms with Crippen LogP contribution in [0, 0.1) is 0 Å². The van der Waals surface area contributed by atoms with Crippen LogP contribution in [0.25, 0.3) is 0 Å². The lowest BCUT2D eigenvalue weighted by molar-refractivity contribution is -0.112. The fourth-order valence-corrected chi connectivity index (χ4v) is 3.34. The second-order valence-corrected chi connectivity index (χ2v) is 5.82. The molecule has 0 spiro atoms. The van der Waals surface area contributed by atoms with Gasteiger partial charge in [0.2, 0.25) is 0 Å². The molecular formula is C12H14BrNOS. The van der Waals surface area contributed by atoms with Crippen LogP contribution in [-0.4, -0.2) is 11.8 Å². The van der Waals surface area contributed by atoms with Gasteiger partial charge in [-0.05, 0) is 52.9 Å². The molecule has 1 N–H and O–H groups in total. The molecule has 1 fully saturated rings. The Labute approximate surface area is 108 Å². The van der Waals surface area contributed by atoms with Crippen LogP contribution in [0.2, 0.25) is 0 Å². The van der Waals surface area contributed by atoms with Gasteiger partial charge >= 0.3 is 0 Å². The summed E-state index contributed by atoms with van der Waals surface area (Å²) in [6, 6.07) is 8.03. The number of hydrogen-bond acceptors (Lipinski definition) is 3. The van der Waals surface area contributed by atoms with E-state index >= 15 is 0 Å². The van der Waals surface area contributed by atoms with E-state index in [2.05, 4.69) is 20.7 Å². The van der Waals surface area contributed by atoms with E-state index < -0.39 is 0 Å². The Morgan fingerprint density at radius 1 is 1.31 bits per heavy atom. The molecule has 0 bridgehead atoms. The molecular weight excluding hydrogens is 286 g/mol. The second kappa shape index (κ2) is 5.34. The number of carbonyl (C=O) groups excluding carboxylic acids is 1. The average Bonchev–Trinajstić information content (AvgIpc) is 2.78. The lowest BCUT2D eigenvalue weighted by atomic mass is 10.0. The molecule has 0 unspecified atom stereocenters. The molecule has 0 atom stereocenters. The van der Waals surface area contributed by atoms with Crippen molar-refractivity contribution in [3.63, 3.8) is 0 Å². The summed E-state index contributed by atoms with van der Waals surface area (Å²) in [7, 11) is 0. The maximum atomic E-state index is 11.1. The minimum absolute atomic E-state index is 0.306. The summed E-state index contributed by atoms with van der Waals surface area (Å²) >= 11 is 5.04. The van der Waals surface area contributed by atoms with Crippen molar-refractivity contribution in [2.24, 2.45) is 0 Å². The molecule has 2 nitrogen and oxygen atoms in total. The zero-order valence-electron chi connectivity index (χ0n) is 8.91. The van der Waals surface area contributed by atoms with Gasteiger partial charge in [-0.1, -0.05) is 25.0 Å². The van der Waals surface area contributed by atoms with Crippen molar-refractivity contribution in [2.75, 3.05) is 0 Å². The third kappa shape index (κ3) is 2.67. The Bertz CT molecular complexity index is 377. The first-order valence-electron chi connectivity index (χ1n) is 5.41. The van der Waals surface area contributed by atoms with Crippen molar-refractivity contribution in [3.05, 3.63) is 28.7 Å². The van der Waals surface area contributed by atoms with E-state index in [-0.39, 0.29) is 5.54 Å². The smallest absolute Gasteiger partial charge is 0.140 e. The summed E-state index contributed by atoms with van der Waals surface area (Å²) in [5.41, 5.74) is -0.306. The first-order chi connectivity index (χ1) is 7.76. The summed E-state index contributed by atoms with van der Waals surface area (Å²) in [6.07, 6.45) is 5.26. The highest BCUT2D eigenvalue weighted by Crippen LogP contribution is 2.33. The Kier molecular flexibility index (Phi) is 4.05. The molecule has 4 heteroatoms. The lowest BCUT2D eigenvalue weighted by Crippen LogP contribution is -2.39. The summed E-state index contributed by atoms with van der Waals surface area (Å²) in [5, 5.41) is 0. The Morgan fingerprint density at radius 2 is 2.00 bits per heavy atom. The van der Waals surface area contributed by atoms with E-state index in [1.54, 1.807) is 0 Å². The van der Waals surface area contributed by atoms with Gasteiger partial charge in [0.05, 0.1) is 5.54 Å². The van der Waals surface area contributed by atoms with Gasteiger partial charge in [-0.3, -0.25) is 0 Å². The Morgan fingerprint density at radius 3 is 2.62 bits per heavy atom. The fourth-order valence-electron chi connectivity index (χ4n) is 1.93. The second-order valence-electron chi connectivity index (χ2n) is 4.12. The van der Waals surface area contributed by atoms with Crippen LogP contribution in [-0.2, 0) is 4.79 Å². The molecule has 1 aliphatic rings. The van der Waals surface area contributed by atoms with Crippen LogP contribution in [0.1, 0.15) is 25.7 Å². The van der Waals surface area contributed by atoms with Crippen LogP contribution < -0.4 is 4.72 Å². The van der Waals surface area contributed by atoms with E-state index in [1.807, 2.05) is 24.3 Å². The molecule has 0 radical (unpaired) electrons. The van der Waals surface area contributed by atoms with Crippen LogP contribution in [0.5, 0.6) is 0 Å². The summed E-state index contributed by atoms with van der Waals surface area (Å²) in [6.45, 7) is 0. The topological polar surface area (TPSA) is 29.1 Å². The van der Waals surface area contributed by atoms with Crippen molar-refractivity contribution in [1.29, 1.82) is 0 Å². The number of benzene rings is 1. The van der Waals surface area contributed by atoms with Crippen molar-refractivity contribution in [3.8, 4) is 0 Å². The van der Waals surface area contributed by atoms with Gasteiger partial charge in [-0.25, -0.2) is 4.72 Å². The summed E-state index contributed by atoms with van der Waals surface area (Å²) in [4.78, 5) is 12.3. The molecule has 0 saturated heterocycles. The van der Waals surface area contributed by atoms with Crippen LogP contribution in [0.3, 0.4) is 0 Å². The first-order valence-corrected chi connectivity index (χ1v) is 7.02. The van der Waals surface area contributed by atoms with Gasteiger partial charge in [0, 0.05) is 9.37 Å². The summed E-state index contributed by atoms with van der Waals surface area (Å²) < 4.78 is 4.38. The van der Waals surface area contributed by atoms with E-state index in [4.69, 9.17) is 0 Å². The van der Waals surface area contributed by atoms with Crippen LogP contribution in [0.4, 0.5) is 0 Å². The average molecular weight is 300 g/mol. The van der Waals surface area contributed by atoms with Crippen LogP contribution in [0.15, 0.2) is 33.6 Å². The van der Waals surface area contributed by atoms with Gasteiger partial charge in [0.15, 0.2) is 0 Å². The van der Waals surface area contributed by atoms with Crippen LogP contribution >= 0.6 is 27.9 Å². The third-order valence-electron chi connectivity index (χ3n) is 2.92.